The van der Waals surface area contributed by atoms with E-state index < -0.39 is 71.9 Å². The molecular weight excluding hydrogens is 995 g/mol. The van der Waals surface area contributed by atoms with Crippen molar-refractivity contribution in [3.05, 3.63) is 146 Å². The summed E-state index contributed by atoms with van der Waals surface area (Å²) in [6.07, 6.45) is 2.76. The summed E-state index contributed by atoms with van der Waals surface area (Å²) in [6.45, 7) is 0.478. The minimum atomic E-state index is -0.791. The Labute approximate surface area is 411 Å². The van der Waals surface area contributed by atoms with Gasteiger partial charge in [0.2, 0.25) is 0 Å². The first-order valence-corrected chi connectivity index (χ1v) is 21.7. The zero-order valence-corrected chi connectivity index (χ0v) is 38.5. The maximum absolute atomic E-state index is 14.6. The molecule has 9 rings (SSSR count). The number of fused-ring (bicyclic) bond motifs is 2. The van der Waals surface area contributed by atoms with Crippen molar-refractivity contribution in [1.29, 1.82) is 0 Å². The van der Waals surface area contributed by atoms with E-state index >= 15 is 0 Å². The van der Waals surface area contributed by atoms with Crippen molar-refractivity contribution in [3.63, 3.8) is 0 Å². The number of nitrogens with one attached hydrogen (secondary N) is 5. The molecule has 25 heteroatoms. The number of halogens is 7. The van der Waals surface area contributed by atoms with Gasteiger partial charge in [-0.05, 0) is 97.5 Å². The minimum absolute atomic E-state index is 0. The number of amides is 5. The fourth-order valence-electron chi connectivity index (χ4n) is 7.59. The summed E-state index contributed by atoms with van der Waals surface area (Å²) in [7, 11) is 0. The molecule has 4 aliphatic rings. The van der Waals surface area contributed by atoms with E-state index in [9.17, 15) is 46.3 Å². The molecule has 18 nitrogen and oxygen atoms in total. The van der Waals surface area contributed by atoms with E-state index in [0.717, 1.165) is 12.1 Å². The number of alkyl carbamates (subject to hydrolysis) is 3. The normalized spacial score (nSPS) is 18.0. The van der Waals surface area contributed by atoms with Crippen molar-refractivity contribution in [2.24, 2.45) is 5.73 Å². The maximum atomic E-state index is 14.6. The van der Waals surface area contributed by atoms with Gasteiger partial charge in [0.25, 0.3) is 11.8 Å². The van der Waals surface area contributed by atoms with Crippen LogP contribution in [-0.4, -0.2) is 84.2 Å². The Kier molecular flexibility index (Phi) is 17.5. The lowest BCUT2D eigenvalue weighted by atomic mass is 10.0. The second-order valence-corrected chi connectivity index (χ2v) is 16.3. The lowest BCUT2D eigenvalue weighted by Gasteiger charge is -2.17. The summed E-state index contributed by atoms with van der Waals surface area (Å²) in [4.78, 5) is 73.9. The van der Waals surface area contributed by atoms with Crippen LogP contribution in [0.2, 0.25) is 10.0 Å². The van der Waals surface area contributed by atoms with E-state index in [1.807, 2.05) is 0 Å². The molecule has 0 saturated carbocycles. The fraction of sp³-hybridized carbons (Fsp3) is 0.267. The van der Waals surface area contributed by atoms with Crippen molar-refractivity contribution in [3.8, 4) is 0 Å². The van der Waals surface area contributed by atoms with Gasteiger partial charge in [0, 0.05) is 52.1 Å². The minimum Gasteiger partial charge on any atom is -0.446 e. The molecule has 5 amide bonds. The molecule has 2 aliphatic carbocycles. The molecule has 4 aromatic carbocycles. The lowest BCUT2D eigenvalue weighted by molar-refractivity contribution is 0.0720. The predicted molar refractivity (Wildman–Crippen MR) is 245 cm³/mol. The molecule has 2 unspecified atom stereocenters. The number of benzene rings is 4. The quantitative estimate of drug-likeness (QED) is 0.0610. The number of cyclic esters (lactones) is 2. The van der Waals surface area contributed by atoms with Crippen LogP contribution in [0, 0.1) is 23.3 Å². The van der Waals surface area contributed by atoms with Crippen LogP contribution in [0.3, 0.4) is 0 Å². The van der Waals surface area contributed by atoms with E-state index in [1.165, 1.54) is 71.8 Å². The van der Waals surface area contributed by atoms with Crippen LogP contribution in [0.4, 0.5) is 48.1 Å². The van der Waals surface area contributed by atoms with Crippen molar-refractivity contribution in [2.45, 2.75) is 50.0 Å². The van der Waals surface area contributed by atoms with Gasteiger partial charge >= 0.3 is 24.4 Å². The van der Waals surface area contributed by atoms with E-state index in [4.69, 9.17) is 47.9 Å². The zero-order chi connectivity index (χ0) is 49.4. The Balaban J connectivity index is 0.000000183. The largest absolute Gasteiger partial charge is 0.446 e. The number of carbonyl (C=O) groups excluding carboxylic acids is 6. The van der Waals surface area contributed by atoms with Crippen LogP contribution in [0.25, 0.3) is 0 Å². The van der Waals surface area contributed by atoms with E-state index in [1.54, 1.807) is 0 Å². The van der Waals surface area contributed by atoms with Gasteiger partial charge < -0.3 is 51.3 Å². The first-order valence-electron chi connectivity index (χ1n) is 20.9. The molecule has 7 N–H and O–H groups in total. The third-order valence-corrected chi connectivity index (χ3v) is 11.4. The molecule has 0 bridgehead atoms. The molecule has 70 heavy (non-hydrogen) atoms. The predicted octanol–water partition coefficient (Wildman–Crippen LogP) is 7.91. The number of ether oxygens (including phenoxy) is 4. The van der Waals surface area contributed by atoms with Gasteiger partial charge in [0.15, 0.2) is 12.2 Å². The van der Waals surface area contributed by atoms with Gasteiger partial charge in [-0.15, -0.1) is 12.4 Å². The summed E-state index contributed by atoms with van der Waals surface area (Å²) >= 11 is 11.4. The average Bonchev–Trinajstić information content (AvgIpc) is 4.19. The third-order valence-electron chi connectivity index (χ3n) is 10.9. The highest BCUT2D eigenvalue weighted by atomic mass is 35.5. The molecule has 0 spiro atoms. The smallest absolute Gasteiger partial charge is 0.419 e. The Morgan fingerprint density at radius 1 is 0.729 bits per heavy atom. The number of nitrogens with two attached hydrogens (primary N) is 1. The van der Waals surface area contributed by atoms with Crippen LogP contribution >= 0.6 is 35.6 Å². The van der Waals surface area contributed by atoms with Gasteiger partial charge in [0.05, 0.1) is 29.2 Å². The SMILES string of the molecule is Cl.N[C@H]1CCc2c(C(=O)Nc3ccc(F)c(Cl)c3)ccc(F)c21.O=C(N[C@H]1CCc2c(C(=O)Nc3ccc(F)c(Cl)c3)ccc(F)c21)OCC1CNC(=O)O1.O=C1NCC(COC(=O)n2ccnc2)O1. The molecule has 1 aromatic heterocycles. The molecule has 5 aromatic rings. The van der Waals surface area contributed by atoms with Crippen LogP contribution < -0.4 is 32.3 Å². The van der Waals surface area contributed by atoms with Gasteiger partial charge in [0.1, 0.15) is 42.8 Å². The monoisotopic (exact) mass is 1030 g/mol. The number of anilines is 2. The molecule has 3 heterocycles. The first-order chi connectivity index (χ1) is 33.0. The van der Waals surface area contributed by atoms with Crippen LogP contribution in [0.15, 0.2) is 79.4 Å². The molecule has 370 valence electrons. The summed E-state index contributed by atoms with van der Waals surface area (Å²) in [6, 6.07) is 11.8. The van der Waals surface area contributed by atoms with E-state index in [0.29, 0.717) is 60.2 Å². The van der Waals surface area contributed by atoms with Crippen molar-refractivity contribution >= 4 is 83.2 Å². The maximum Gasteiger partial charge on any atom is 0.419 e. The number of nitrogens with zero attached hydrogens (tertiary/aromatic N) is 2. The molecule has 2 aliphatic heterocycles. The topological polar surface area (TPSA) is 243 Å². The Morgan fingerprint density at radius 3 is 1.73 bits per heavy atom. The molecule has 0 radical (unpaired) electrons. The number of hydrogen-bond donors (Lipinski definition) is 6. The third kappa shape index (κ3) is 12.9. The molecule has 2 saturated heterocycles. The fourth-order valence-corrected chi connectivity index (χ4v) is 7.95. The van der Waals surface area contributed by atoms with Crippen LogP contribution in [0.5, 0.6) is 0 Å². The van der Waals surface area contributed by atoms with Crippen LogP contribution in [0.1, 0.15) is 67.9 Å². The van der Waals surface area contributed by atoms with Gasteiger partial charge in [-0.1, -0.05) is 23.2 Å². The zero-order valence-electron chi connectivity index (χ0n) is 36.2. The van der Waals surface area contributed by atoms with Crippen molar-refractivity contribution in [1.82, 2.24) is 25.5 Å². The number of rotatable bonds is 9. The second kappa shape index (κ2) is 23.4. The number of aromatic nitrogens is 2. The first kappa shape index (κ1) is 52.2. The summed E-state index contributed by atoms with van der Waals surface area (Å²) in [5.74, 6) is -3.03. The highest BCUT2D eigenvalue weighted by Gasteiger charge is 2.33. The van der Waals surface area contributed by atoms with Crippen molar-refractivity contribution in [2.75, 3.05) is 36.9 Å². The Morgan fingerprint density at radius 2 is 1.23 bits per heavy atom. The Bertz CT molecular complexity index is 2790. The number of carbonyl (C=O) groups is 6. The number of hydrogen-bond acceptors (Lipinski definition) is 12. The summed E-state index contributed by atoms with van der Waals surface area (Å²) < 4.78 is 75.7. The molecular formula is C45H41Cl3F4N8O10. The van der Waals surface area contributed by atoms with E-state index in [2.05, 4.69) is 31.6 Å². The molecule has 2 fully saturated rings. The Hall–Kier alpha value is -7.14. The van der Waals surface area contributed by atoms with E-state index in [-0.39, 0.29) is 70.9 Å². The lowest BCUT2D eigenvalue weighted by Crippen LogP contribution is -2.31. The standard InChI is InChI=1S/C21H18ClF2N3O5.C16H13ClF2N2O.C8H9N3O4.ClH/c22-14-7-10(1-4-15(14)23)26-19(28)13-2-5-16(24)18-12(13)3-6-17(18)27-21(30)31-9-11-8-25-20(29)32-11;17-11-7-8(1-4-12(11)18)21-16(22)10-2-5-13(19)15-9(10)3-6-14(15)20;12-7-10-3-6(15-7)4-14-8(13)11-2-1-9-5-11;/h1-2,4-5,7,11,17H,3,6,8-9H2,(H,25,29)(H,26,28)(H,27,30);1-2,4-5,7,14H,3,6,20H2,(H,21,22);1-2,5-6H,3-4H2,(H,10,12);1H/t11?,17-;14-;;/m00../s1. The van der Waals surface area contributed by atoms with Gasteiger partial charge in [-0.2, -0.15) is 0 Å². The van der Waals surface area contributed by atoms with Gasteiger partial charge in [-0.3, -0.25) is 9.59 Å². The van der Waals surface area contributed by atoms with Crippen molar-refractivity contribution < 1.29 is 65.3 Å². The average molecular weight is 1040 g/mol. The van der Waals surface area contributed by atoms with Crippen LogP contribution in [-0.2, 0) is 31.8 Å². The summed E-state index contributed by atoms with van der Waals surface area (Å²) in [5.41, 5.74) is 8.88. The highest BCUT2D eigenvalue weighted by Crippen LogP contribution is 2.37. The number of imidazole rings is 1. The highest BCUT2D eigenvalue weighted by molar-refractivity contribution is 6.31. The summed E-state index contributed by atoms with van der Waals surface area (Å²) in [5, 5.41) is 12.5. The second-order valence-electron chi connectivity index (χ2n) is 15.5. The van der Waals surface area contributed by atoms with Gasteiger partial charge in [-0.25, -0.2) is 46.3 Å². The molecule has 4 atom stereocenters.